The molecule has 1 fully saturated rings. The van der Waals surface area contributed by atoms with Crippen LogP contribution in [0.3, 0.4) is 0 Å². The van der Waals surface area contributed by atoms with Crippen LogP contribution >= 0.6 is 0 Å². The number of hydrogen-bond acceptors (Lipinski definition) is 4. The van der Waals surface area contributed by atoms with Crippen LogP contribution in [0.15, 0.2) is 23.4 Å². The first-order chi connectivity index (χ1) is 15.2. The third kappa shape index (κ3) is 4.09. The van der Waals surface area contributed by atoms with E-state index < -0.39 is 47.2 Å². The number of fused-ring (bicyclic) bond motifs is 1. The van der Waals surface area contributed by atoms with E-state index in [9.17, 15) is 39.9 Å². The summed E-state index contributed by atoms with van der Waals surface area (Å²) in [5, 5.41) is 3.29. The summed E-state index contributed by atoms with van der Waals surface area (Å²) in [5.41, 5.74) is -3.92. The van der Waals surface area contributed by atoms with E-state index in [2.05, 4.69) is 10.1 Å². The molecule has 0 unspecified atom stereocenters. The van der Waals surface area contributed by atoms with Crippen LogP contribution in [0, 0.1) is 12.8 Å². The number of nitrogens with zero attached hydrogens (tertiary/aromatic N) is 5. The molecule has 0 bridgehead atoms. The quantitative estimate of drug-likeness (QED) is 0.519. The maximum atomic E-state index is 13.8. The van der Waals surface area contributed by atoms with Gasteiger partial charge in [-0.2, -0.15) is 40.2 Å². The fourth-order valence-electron chi connectivity index (χ4n) is 3.45. The molecule has 0 N–H and O–H groups in total. The Labute approximate surface area is 179 Å². The lowest BCUT2D eigenvalue weighted by Crippen LogP contribution is -2.40. The Morgan fingerprint density at radius 2 is 1.76 bits per heavy atom. The molecule has 0 saturated carbocycles. The van der Waals surface area contributed by atoms with Gasteiger partial charge in [-0.05, 0) is 6.92 Å². The van der Waals surface area contributed by atoms with E-state index in [1.165, 1.54) is 10.8 Å². The van der Waals surface area contributed by atoms with Crippen LogP contribution in [0.25, 0.3) is 16.9 Å². The van der Waals surface area contributed by atoms with E-state index in [1.54, 1.807) is 6.92 Å². The third-order valence-corrected chi connectivity index (χ3v) is 5.19. The van der Waals surface area contributed by atoms with Crippen LogP contribution in [0.4, 0.5) is 35.1 Å². The highest BCUT2D eigenvalue weighted by atomic mass is 19.4. The van der Waals surface area contributed by atoms with Crippen molar-refractivity contribution in [2.75, 3.05) is 13.2 Å². The highest BCUT2D eigenvalue weighted by molar-refractivity contribution is 5.65. The van der Waals surface area contributed by atoms with Crippen molar-refractivity contribution < 1.29 is 39.9 Å². The second-order valence-electron chi connectivity index (χ2n) is 7.72. The highest BCUT2D eigenvalue weighted by Crippen LogP contribution is 2.38. The Balaban J connectivity index is 1.84. The van der Waals surface area contributed by atoms with Gasteiger partial charge >= 0.3 is 18.3 Å². The minimum atomic E-state index is -5.89. The minimum absolute atomic E-state index is 0.0272. The molecule has 0 atom stereocenters. The molecule has 33 heavy (non-hydrogen) atoms. The van der Waals surface area contributed by atoms with Gasteiger partial charge in [0.15, 0.2) is 5.69 Å². The van der Waals surface area contributed by atoms with E-state index in [1.807, 2.05) is 0 Å². The highest BCUT2D eigenvalue weighted by Gasteiger charge is 2.57. The summed E-state index contributed by atoms with van der Waals surface area (Å²) in [7, 11) is 0. The number of aromatic nitrogens is 5. The van der Waals surface area contributed by atoms with Crippen LogP contribution in [0.2, 0.25) is 0 Å². The zero-order chi connectivity index (χ0) is 24.3. The molecular weight excluding hydrogens is 470 g/mol. The molecule has 4 heterocycles. The van der Waals surface area contributed by atoms with Gasteiger partial charge in [0.25, 0.3) is 5.56 Å². The lowest BCUT2D eigenvalue weighted by molar-refractivity contribution is -0.287. The van der Waals surface area contributed by atoms with Crippen molar-refractivity contribution >= 4 is 5.78 Å². The largest absolute Gasteiger partial charge is 0.455 e. The fraction of sp³-hybridized carbons (Fsp3) is 0.500. The summed E-state index contributed by atoms with van der Waals surface area (Å²) in [5.74, 6) is -5.43. The first kappa shape index (κ1) is 23.2. The molecule has 0 amide bonds. The Hall–Kier alpha value is -2.97. The third-order valence-electron chi connectivity index (χ3n) is 5.19. The van der Waals surface area contributed by atoms with E-state index in [0.29, 0.717) is 31.3 Å². The molecule has 3 aromatic heterocycles. The van der Waals surface area contributed by atoms with Gasteiger partial charge in [0.05, 0.1) is 25.0 Å². The first-order valence-corrected chi connectivity index (χ1v) is 9.44. The normalized spacial score (nSPS) is 15.9. The summed E-state index contributed by atoms with van der Waals surface area (Å²) in [6.07, 6.45) is -8.60. The Bertz CT molecular complexity index is 1250. The molecule has 7 nitrogen and oxygen atoms in total. The van der Waals surface area contributed by atoms with Gasteiger partial charge in [0, 0.05) is 36.1 Å². The predicted octanol–water partition coefficient (Wildman–Crippen LogP) is 3.53. The maximum absolute atomic E-state index is 13.8. The summed E-state index contributed by atoms with van der Waals surface area (Å²) in [6, 6.07) is 0. The summed E-state index contributed by atoms with van der Waals surface area (Å²) < 4.78 is 113. The minimum Gasteiger partial charge on any atom is -0.381 e. The van der Waals surface area contributed by atoms with Crippen LogP contribution in [-0.4, -0.2) is 49.0 Å². The molecule has 0 aromatic carbocycles. The summed E-state index contributed by atoms with van der Waals surface area (Å²) in [6.45, 7) is 0.668. The lowest BCUT2D eigenvalue weighted by atomic mass is 10.1. The van der Waals surface area contributed by atoms with Crippen molar-refractivity contribution in [2.24, 2.45) is 5.92 Å². The van der Waals surface area contributed by atoms with Gasteiger partial charge in [0.1, 0.15) is 6.54 Å². The van der Waals surface area contributed by atoms with Crippen molar-refractivity contribution in [1.82, 2.24) is 23.7 Å². The van der Waals surface area contributed by atoms with E-state index >= 15 is 0 Å². The van der Waals surface area contributed by atoms with Crippen molar-refractivity contribution in [2.45, 2.75) is 38.3 Å². The van der Waals surface area contributed by atoms with Crippen LogP contribution in [0.1, 0.15) is 11.4 Å². The Kier molecular flexibility index (Phi) is 5.29. The molecular formula is C18H15F8N5O2. The average molecular weight is 485 g/mol. The van der Waals surface area contributed by atoms with Crippen LogP contribution in [-0.2, 0) is 24.0 Å². The van der Waals surface area contributed by atoms with Gasteiger partial charge in [-0.3, -0.25) is 13.9 Å². The predicted molar refractivity (Wildman–Crippen MR) is 95.7 cm³/mol. The number of aryl methyl sites for hydroxylation is 1. The molecule has 1 saturated heterocycles. The number of hydrogen-bond donors (Lipinski definition) is 0. The zero-order valence-electron chi connectivity index (χ0n) is 16.7. The Morgan fingerprint density at radius 1 is 1.09 bits per heavy atom. The van der Waals surface area contributed by atoms with Crippen LogP contribution in [0.5, 0.6) is 0 Å². The molecule has 180 valence electrons. The standard InChI is InChI=1S/C18H15F8N5O2/c1-9-3-31-14(32)12(11-2-27-29(5-11)8-16(19,20)18(24,25)26)13(17(21,22)23)28-15(31)30(9)4-10-6-33-7-10/h2-3,5,10H,4,6-8H2,1H3. The summed E-state index contributed by atoms with van der Waals surface area (Å²) >= 11 is 0. The van der Waals surface area contributed by atoms with E-state index in [0.717, 1.165) is 4.40 Å². The number of halogens is 8. The maximum Gasteiger partial charge on any atom is 0.455 e. The zero-order valence-corrected chi connectivity index (χ0v) is 16.7. The SMILES string of the molecule is Cc1cn2c(=O)c(-c3cnn(CC(F)(F)C(F)(F)F)c3)c(C(F)(F)F)nc2n1CC1COC1. The molecule has 0 aliphatic carbocycles. The van der Waals surface area contributed by atoms with Gasteiger partial charge in [-0.1, -0.05) is 0 Å². The van der Waals surface area contributed by atoms with E-state index in [4.69, 9.17) is 4.74 Å². The molecule has 0 radical (unpaired) electrons. The van der Waals surface area contributed by atoms with Crippen molar-refractivity contribution in [3.8, 4) is 11.1 Å². The molecule has 3 aromatic rings. The molecule has 15 heteroatoms. The van der Waals surface area contributed by atoms with Gasteiger partial charge < -0.3 is 9.30 Å². The van der Waals surface area contributed by atoms with E-state index in [-0.39, 0.29) is 22.9 Å². The monoisotopic (exact) mass is 485 g/mol. The lowest BCUT2D eigenvalue weighted by Gasteiger charge is -2.26. The topological polar surface area (TPSA) is 66.4 Å². The smallest absolute Gasteiger partial charge is 0.381 e. The van der Waals surface area contributed by atoms with Crippen molar-refractivity contribution in [1.29, 1.82) is 0 Å². The fourth-order valence-corrected chi connectivity index (χ4v) is 3.45. The van der Waals surface area contributed by atoms with Crippen LogP contribution < -0.4 is 5.56 Å². The van der Waals surface area contributed by atoms with Gasteiger partial charge in [0.2, 0.25) is 5.78 Å². The summed E-state index contributed by atoms with van der Waals surface area (Å²) in [4.78, 5) is 16.6. The Morgan fingerprint density at radius 3 is 2.30 bits per heavy atom. The number of ether oxygens (including phenoxy) is 1. The number of alkyl halides is 8. The number of rotatable bonds is 5. The molecule has 0 spiro atoms. The molecule has 1 aliphatic rings. The van der Waals surface area contributed by atoms with Crippen molar-refractivity contribution in [3.05, 3.63) is 40.3 Å². The second-order valence-corrected chi connectivity index (χ2v) is 7.72. The molecule has 1 aliphatic heterocycles. The second kappa shape index (κ2) is 7.53. The van der Waals surface area contributed by atoms with Gasteiger partial charge in [-0.15, -0.1) is 0 Å². The van der Waals surface area contributed by atoms with Gasteiger partial charge in [-0.25, -0.2) is 4.98 Å². The molecule has 4 rings (SSSR count). The average Bonchev–Trinajstić information content (AvgIpc) is 3.20. The van der Waals surface area contributed by atoms with Crippen molar-refractivity contribution in [3.63, 3.8) is 0 Å². The number of imidazole rings is 1. The first-order valence-electron chi connectivity index (χ1n) is 9.44.